The standard InChI is InChI=1S/C14H19NO3/c1-4-11-6-8-12(9-7-11)14(3,13(17)18)15(5-2)10-16/h6-10H,4-5H2,1-3H3,(H,17,18). The summed E-state index contributed by atoms with van der Waals surface area (Å²) in [7, 11) is 0. The van der Waals surface area contributed by atoms with E-state index in [1.165, 1.54) is 4.90 Å². The molecule has 1 N–H and O–H groups in total. The third-order valence-electron chi connectivity index (χ3n) is 3.38. The second-order valence-electron chi connectivity index (χ2n) is 4.32. The Kier molecular flexibility index (Phi) is 4.48. The molecule has 1 atom stereocenters. The lowest BCUT2D eigenvalue weighted by Gasteiger charge is -2.34. The molecule has 0 heterocycles. The molecule has 0 aliphatic heterocycles. The Morgan fingerprint density at radius 2 is 1.89 bits per heavy atom. The van der Waals surface area contributed by atoms with Crippen LogP contribution in [0.15, 0.2) is 24.3 Å². The highest BCUT2D eigenvalue weighted by Crippen LogP contribution is 2.28. The smallest absolute Gasteiger partial charge is 0.334 e. The molecule has 0 aliphatic rings. The van der Waals surface area contributed by atoms with Gasteiger partial charge in [0.1, 0.15) is 0 Å². The SMILES string of the molecule is CCc1ccc(C(C)(C(=O)O)N(C=O)CC)cc1. The molecule has 1 rings (SSSR count). The van der Waals surface area contributed by atoms with Gasteiger partial charge in [0.2, 0.25) is 6.41 Å². The van der Waals surface area contributed by atoms with Crippen LogP contribution in [-0.4, -0.2) is 28.9 Å². The van der Waals surface area contributed by atoms with Crippen molar-refractivity contribution in [3.8, 4) is 0 Å². The maximum absolute atomic E-state index is 11.5. The maximum Gasteiger partial charge on any atom is 0.334 e. The molecule has 1 unspecified atom stereocenters. The monoisotopic (exact) mass is 249 g/mol. The molecule has 98 valence electrons. The van der Waals surface area contributed by atoms with Gasteiger partial charge in [0, 0.05) is 6.54 Å². The summed E-state index contributed by atoms with van der Waals surface area (Å²) in [6.07, 6.45) is 1.48. The Morgan fingerprint density at radius 1 is 1.33 bits per heavy atom. The van der Waals surface area contributed by atoms with Crippen molar-refractivity contribution in [3.63, 3.8) is 0 Å². The molecule has 4 nitrogen and oxygen atoms in total. The first-order valence-corrected chi connectivity index (χ1v) is 6.05. The number of carboxylic acids is 1. The van der Waals surface area contributed by atoms with Gasteiger partial charge in [-0.1, -0.05) is 31.2 Å². The van der Waals surface area contributed by atoms with Gasteiger partial charge in [0.15, 0.2) is 5.54 Å². The zero-order valence-corrected chi connectivity index (χ0v) is 11.0. The average Bonchev–Trinajstić information content (AvgIpc) is 2.39. The summed E-state index contributed by atoms with van der Waals surface area (Å²) in [5.74, 6) is -1.03. The lowest BCUT2D eigenvalue weighted by Crippen LogP contribution is -2.49. The van der Waals surface area contributed by atoms with E-state index in [-0.39, 0.29) is 0 Å². The van der Waals surface area contributed by atoms with Crippen molar-refractivity contribution in [1.29, 1.82) is 0 Å². The number of likely N-dealkylation sites (N-methyl/N-ethyl adjacent to an activating group) is 1. The van der Waals surface area contributed by atoms with Crippen LogP contribution in [0.4, 0.5) is 0 Å². The quantitative estimate of drug-likeness (QED) is 0.785. The minimum absolute atomic E-state index is 0.349. The number of amides is 1. The lowest BCUT2D eigenvalue weighted by atomic mass is 9.89. The van der Waals surface area contributed by atoms with Gasteiger partial charge in [-0.3, -0.25) is 4.79 Å². The first-order valence-electron chi connectivity index (χ1n) is 6.05. The van der Waals surface area contributed by atoms with Crippen molar-refractivity contribution in [2.75, 3.05) is 6.54 Å². The van der Waals surface area contributed by atoms with E-state index >= 15 is 0 Å². The molecule has 0 spiro atoms. The molecule has 1 aromatic rings. The number of nitrogens with zero attached hydrogens (tertiary/aromatic N) is 1. The number of aliphatic carboxylic acids is 1. The van der Waals surface area contributed by atoms with Crippen molar-refractivity contribution in [1.82, 2.24) is 4.90 Å². The molecule has 0 aliphatic carbocycles. The molecule has 0 aromatic heterocycles. The van der Waals surface area contributed by atoms with Crippen molar-refractivity contribution in [3.05, 3.63) is 35.4 Å². The third-order valence-corrected chi connectivity index (χ3v) is 3.38. The highest BCUT2D eigenvalue weighted by Gasteiger charge is 2.40. The first-order chi connectivity index (χ1) is 8.50. The predicted octanol–water partition coefficient (Wildman–Crippen LogP) is 2.03. The molecule has 18 heavy (non-hydrogen) atoms. The Hall–Kier alpha value is -1.84. The molecule has 0 saturated heterocycles. The van der Waals surface area contributed by atoms with E-state index in [1.54, 1.807) is 26.0 Å². The second-order valence-corrected chi connectivity index (χ2v) is 4.32. The summed E-state index contributed by atoms with van der Waals surface area (Å²) in [6, 6.07) is 7.35. The van der Waals surface area contributed by atoms with Crippen molar-refractivity contribution in [2.45, 2.75) is 32.7 Å². The van der Waals surface area contributed by atoms with Crippen molar-refractivity contribution in [2.24, 2.45) is 0 Å². The van der Waals surface area contributed by atoms with Gasteiger partial charge in [-0.05, 0) is 31.4 Å². The van der Waals surface area contributed by atoms with Crippen LogP contribution >= 0.6 is 0 Å². The third kappa shape index (κ3) is 2.37. The van der Waals surface area contributed by atoms with Gasteiger partial charge < -0.3 is 10.0 Å². The van der Waals surface area contributed by atoms with Gasteiger partial charge in [0.05, 0.1) is 0 Å². The number of aryl methyl sites for hydroxylation is 1. The molecule has 1 amide bonds. The number of carbonyl (C=O) groups excluding carboxylic acids is 1. The zero-order valence-electron chi connectivity index (χ0n) is 11.0. The minimum atomic E-state index is -1.32. The molecule has 0 saturated carbocycles. The fourth-order valence-electron chi connectivity index (χ4n) is 1.97. The largest absolute Gasteiger partial charge is 0.479 e. The summed E-state index contributed by atoms with van der Waals surface area (Å²) >= 11 is 0. The Balaban J connectivity index is 3.25. The van der Waals surface area contributed by atoms with E-state index in [0.29, 0.717) is 18.5 Å². The highest BCUT2D eigenvalue weighted by molar-refractivity contribution is 5.82. The summed E-state index contributed by atoms with van der Waals surface area (Å²) in [5, 5.41) is 9.44. The van der Waals surface area contributed by atoms with Crippen LogP contribution in [0, 0.1) is 0 Å². The molecule has 0 fully saturated rings. The lowest BCUT2D eigenvalue weighted by molar-refractivity contribution is -0.154. The van der Waals surface area contributed by atoms with Crippen molar-refractivity contribution < 1.29 is 14.7 Å². The van der Waals surface area contributed by atoms with E-state index in [2.05, 4.69) is 0 Å². The molecule has 0 bridgehead atoms. The minimum Gasteiger partial charge on any atom is -0.479 e. The molecule has 4 heteroatoms. The van der Waals surface area contributed by atoms with Gasteiger partial charge in [-0.15, -0.1) is 0 Å². The van der Waals surface area contributed by atoms with E-state index < -0.39 is 11.5 Å². The predicted molar refractivity (Wildman–Crippen MR) is 69.3 cm³/mol. The van der Waals surface area contributed by atoms with Crippen LogP contribution in [0.3, 0.4) is 0 Å². The van der Waals surface area contributed by atoms with E-state index in [1.807, 2.05) is 19.1 Å². The Labute approximate surface area is 107 Å². The average molecular weight is 249 g/mol. The van der Waals surface area contributed by atoms with Gasteiger partial charge in [0.25, 0.3) is 0 Å². The highest BCUT2D eigenvalue weighted by atomic mass is 16.4. The normalized spacial score (nSPS) is 13.7. The molecular weight excluding hydrogens is 230 g/mol. The van der Waals surface area contributed by atoms with Crippen LogP contribution in [0.2, 0.25) is 0 Å². The van der Waals surface area contributed by atoms with E-state index in [4.69, 9.17) is 0 Å². The van der Waals surface area contributed by atoms with Crippen LogP contribution < -0.4 is 0 Å². The van der Waals surface area contributed by atoms with Crippen LogP contribution in [-0.2, 0) is 21.5 Å². The van der Waals surface area contributed by atoms with E-state index in [0.717, 1.165) is 12.0 Å². The molecule has 1 aromatic carbocycles. The topological polar surface area (TPSA) is 57.6 Å². The van der Waals surface area contributed by atoms with Gasteiger partial charge in [-0.25, -0.2) is 4.79 Å². The van der Waals surface area contributed by atoms with Crippen LogP contribution in [0.25, 0.3) is 0 Å². The zero-order chi connectivity index (χ0) is 13.8. The summed E-state index contributed by atoms with van der Waals surface area (Å²) in [4.78, 5) is 23.9. The maximum atomic E-state index is 11.5. The Morgan fingerprint density at radius 3 is 2.22 bits per heavy atom. The summed E-state index contributed by atoms with van der Waals surface area (Å²) in [6.45, 7) is 5.70. The van der Waals surface area contributed by atoms with Crippen molar-refractivity contribution >= 4 is 12.4 Å². The molecule has 0 radical (unpaired) electrons. The van der Waals surface area contributed by atoms with Gasteiger partial charge >= 0.3 is 5.97 Å². The summed E-state index contributed by atoms with van der Waals surface area (Å²) < 4.78 is 0. The number of hydrogen-bond donors (Lipinski definition) is 1. The summed E-state index contributed by atoms with van der Waals surface area (Å²) in [5.41, 5.74) is 0.435. The van der Waals surface area contributed by atoms with Gasteiger partial charge in [-0.2, -0.15) is 0 Å². The molecular formula is C14H19NO3. The number of carbonyl (C=O) groups is 2. The number of rotatable bonds is 6. The van der Waals surface area contributed by atoms with Crippen LogP contribution in [0.5, 0.6) is 0 Å². The number of hydrogen-bond acceptors (Lipinski definition) is 2. The fraction of sp³-hybridized carbons (Fsp3) is 0.429. The second kappa shape index (κ2) is 5.67. The van der Waals surface area contributed by atoms with E-state index in [9.17, 15) is 14.7 Å². The van der Waals surface area contributed by atoms with Crippen LogP contribution in [0.1, 0.15) is 31.9 Å². The Bertz CT molecular complexity index is 427. The fourth-order valence-corrected chi connectivity index (χ4v) is 1.97. The number of carboxylic acid groups (broad SMARTS) is 1. The number of benzene rings is 1. The first kappa shape index (κ1) is 14.2.